The third kappa shape index (κ3) is 3.05. The van der Waals surface area contributed by atoms with Crippen LogP contribution in [0.1, 0.15) is 30.5 Å². The van der Waals surface area contributed by atoms with Gasteiger partial charge in [-0.25, -0.2) is 18.5 Å². The summed E-state index contributed by atoms with van der Waals surface area (Å²) >= 11 is 0. The molecular weight excluding hydrogens is 308 g/mol. The van der Waals surface area contributed by atoms with Crippen molar-refractivity contribution >= 4 is 21.9 Å². The van der Waals surface area contributed by atoms with Gasteiger partial charge in [-0.1, -0.05) is 0 Å². The molecule has 1 aliphatic carbocycles. The predicted molar refractivity (Wildman–Crippen MR) is 79.9 cm³/mol. The smallest absolute Gasteiger partial charge is 0.255 e. The number of primary sulfonamides is 1. The molecule has 0 saturated carbocycles. The van der Waals surface area contributed by atoms with E-state index >= 15 is 0 Å². The average molecular weight is 326 g/mol. The molecule has 22 heavy (non-hydrogen) atoms. The topological polar surface area (TPSA) is 126 Å². The van der Waals surface area contributed by atoms with Crippen molar-refractivity contribution in [2.45, 2.75) is 32.1 Å². The summed E-state index contributed by atoms with van der Waals surface area (Å²) in [5, 5.41) is 5.03. The van der Waals surface area contributed by atoms with Gasteiger partial charge in [-0.2, -0.15) is 0 Å². The minimum absolute atomic E-state index is 0.0945. The first-order valence-electron chi connectivity index (χ1n) is 7.26. The molecule has 1 fully saturated rings. The van der Waals surface area contributed by atoms with Crippen molar-refractivity contribution in [3.05, 3.63) is 21.6 Å². The van der Waals surface area contributed by atoms with E-state index < -0.39 is 10.0 Å². The SMILES string of the molecule is NS(=O)(=O)CC1CC(=O)N(c2nc3c(c(=O)[nH]2)CCCC3)C1. The number of aromatic amines is 1. The van der Waals surface area contributed by atoms with Crippen LogP contribution in [0.4, 0.5) is 5.95 Å². The number of nitrogens with two attached hydrogens (primary N) is 1. The number of rotatable bonds is 3. The molecule has 1 aromatic rings. The quantitative estimate of drug-likeness (QED) is 0.759. The van der Waals surface area contributed by atoms with E-state index in [4.69, 9.17) is 5.14 Å². The molecule has 1 saturated heterocycles. The second-order valence-electron chi connectivity index (χ2n) is 5.93. The maximum atomic E-state index is 12.1. The first-order valence-corrected chi connectivity index (χ1v) is 8.98. The van der Waals surface area contributed by atoms with Crippen LogP contribution in [0.5, 0.6) is 0 Å². The number of hydrogen-bond acceptors (Lipinski definition) is 5. The Morgan fingerprint density at radius 1 is 1.27 bits per heavy atom. The highest BCUT2D eigenvalue weighted by Gasteiger charge is 2.34. The van der Waals surface area contributed by atoms with Gasteiger partial charge in [-0.05, 0) is 25.7 Å². The van der Waals surface area contributed by atoms with Crippen molar-refractivity contribution in [2.24, 2.45) is 11.1 Å². The fraction of sp³-hybridized carbons (Fsp3) is 0.615. The molecule has 1 unspecified atom stereocenters. The number of nitrogens with zero attached hydrogens (tertiary/aromatic N) is 2. The van der Waals surface area contributed by atoms with E-state index in [2.05, 4.69) is 9.97 Å². The largest absolute Gasteiger partial charge is 0.292 e. The molecule has 9 heteroatoms. The Morgan fingerprint density at radius 2 is 2.00 bits per heavy atom. The summed E-state index contributed by atoms with van der Waals surface area (Å²) in [5.41, 5.74) is 1.23. The van der Waals surface area contributed by atoms with Crippen LogP contribution in [0.15, 0.2) is 4.79 Å². The van der Waals surface area contributed by atoms with Gasteiger partial charge < -0.3 is 0 Å². The minimum Gasteiger partial charge on any atom is -0.292 e. The van der Waals surface area contributed by atoms with Crippen molar-refractivity contribution in [3.63, 3.8) is 0 Å². The Kier molecular flexibility index (Phi) is 3.77. The Balaban J connectivity index is 1.87. The van der Waals surface area contributed by atoms with Gasteiger partial charge >= 0.3 is 0 Å². The van der Waals surface area contributed by atoms with E-state index in [9.17, 15) is 18.0 Å². The number of aryl methyl sites for hydroxylation is 1. The summed E-state index contributed by atoms with van der Waals surface area (Å²) < 4.78 is 22.3. The highest BCUT2D eigenvalue weighted by atomic mass is 32.2. The van der Waals surface area contributed by atoms with Gasteiger partial charge in [0.2, 0.25) is 21.9 Å². The van der Waals surface area contributed by atoms with Gasteiger partial charge in [0, 0.05) is 24.4 Å². The van der Waals surface area contributed by atoms with Gasteiger partial charge in [0.1, 0.15) is 0 Å². The van der Waals surface area contributed by atoms with Crippen LogP contribution >= 0.6 is 0 Å². The summed E-state index contributed by atoms with van der Waals surface area (Å²) in [7, 11) is -3.63. The van der Waals surface area contributed by atoms with Gasteiger partial charge in [-0.15, -0.1) is 0 Å². The van der Waals surface area contributed by atoms with Crippen LogP contribution < -0.4 is 15.6 Å². The lowest BCUT2D eigenvalue weighted by atomic mass is 9.97. The molecule has 0 bridgehead atoms. The zero-order valence-corrected chi connectivity index (χ0v) is 12.9. The van der Waals surface area contributed by atoms with E-state index in [0.717, 1.165) is 25.0 Å². The third-order valence-electron chi connectivity index (χ3n) is 4.11. The molecule has 0 spiro atoms. The monoisotopic (exact) mass is 326 g/mol. The second-order valence-corrected chi connectivity index (χ2v) is 7.58. The van der Waals surface area contributed by atoms with Crippen LogP contribution in [0, 0.1) is 5.92 Å². The average Bonchev–Trinajstić information content (AvgIpc) is 2.77. The Bertz CT molecular complexity index is 771. The summed E-state index contributed by atoms with van der Waals surface area (Å²) in [6.07, 6.45) is 3.48. The lowest BCUT2D eigenvalue weighted by Crippen LogP contribution is -2.32. The lowest BCUT2D eigenvalue weighted by molar-refractivity contribution is -0.117. The van der Waals surface area contributed by atoms with Crippen LogP contribution in [-0.2, 0) is 27.7 Å². The Hall–Kier alpha value is -1.74. The van der Waals surface area contributed by atoms with Gasteiger partial charge in [0.25, 0.3) is 5.56 Å². The minimum atomic E-state index is -3.63. The van der Waals surface area contributed by atoms with Crippen molar-refractivity contribution in [1.29, 1.82) is 0 Å². The molecule has 3 rings (SSSR count). The molecule has 1 aromatic heterocycles. The fourth-order valence-corrected chi connectivity index (χ4v) is 4.02. The van der Waals surface area contributed by atoms with Crippen molar-refractivity contribution < 1.29 is 13.2 Å². The number of H-pyrrole nitrogens is 1. The first kappa shape index (κ1) is 15.2. The number of carbonyl (C=O) groups is 1. The van der Waals surface area contributed by atoms with E-state index in [1.165, 1.54) is 4.90 Å². The van der Waals surface area contributed by atoms with E-state index in [-0.39, 0.29) is 42.1 Å². The molecule has 120 valence electrons. The number of hydrogen-bond donors (Lipinski definition) is 2. The first-order chi connectivity index (χ1) is 10.3. The Labute approximate surface area is 127 Å². The highest BCUT2D eigenvalue weighted by Crippen LogP contribution is 2.24. The van der Waals surface area contributed by atoms with Crippen LogP contribution in [0.2, 0.25) is 0 Å². The number of nitrogens with one attached hydrogen (secondary N) is 1. The van der Waals surface area contributed by atoms with Gasteiger partial charge in [-0.3, -0.25) is 19.5 Å². The van der Waals surface area contributed by atoms with Crippen molar-refractivity contribution in [2.75, 3.05) is 17.2 Å². The van der Waals surface area contributed by atoms with Gasteiger partial charge in [0.15, 0.2) is 0 Å². The van der Waals surface area contributed by atoms with Crippen molar-refractivity contribution in [1.82, 2.24) is 9.97 Å². The number of amides is 1. The van der Waals surface area contributed by atoms with Crippen LogP contribution in [-0.4, -0.2) is 36.6 Å². The summed E-state index contributed by atoms with van der Waals surface area (Å²) in [4.78, 5) is 32.6. The maximum absolute atomic E-state index is 12.1. The number of aromatic nitrogens is 2. The zero-order valence-electron chi connectivity index (χ0n) is 12.0. The van der Waals surface area contributed by atoms with E-state index in [1.807, 2.05) is 0 Å². The standard InChI is InChI=1S/C13H18N4O4S/c14-22(20,21)7-8-5-11(18)17(6-8)13-15-10-4-2-1-3-9(10)12(19)16-13/h8H,1-7H2,(H2,14,20,21)(H,15,16,19). The van der Waals surface area contributed by atoms with Crippen LogP contribution in [0.25, 0.3) is 0 Å². The number of fused-ring (bicyclic) bond motifs is 1. The molecule has 1 aliphatic heterocycles. The molecule has 1 amide bonds. The molecule has 0 aromatic carbocycles. The summed E-state index contributed by atoms with van der Waals surface area (Å²) in [5.74, 6) is -0.645. The summed E-state index contributed by atoms with van der Waals surface area (Å²) in [6.45, 7) is 0.205. The normalized spacial score (nSPS) is 22.0. The molecule has 2 heterocycles. The van der Waals surface area contributed by atoms with Crippen LogP contribution in [0.3, 0.4) is 0 Å². The van der Waals surface area contributed by atoms with E-state index in [0.29, 0.717) is 12.0 Å². The lowest BCUT2D eigenvalue weighted by Gasteiger charge is -2.19. The molecular formula is C13H18N4O4S. The Morgan fingerprint density at radius 3 is 2.73 bits per heavy atom. The number of carbonyl (C=O) groups excluding carboxylic acids is 1. The predicted octanol–water partition coefficient (Wildman–Crippen LogP) is -0.710. The number of anilines is 1. The number of sulfonamides is 1. The van der Waals surface area contributed by atoms with Gasteiger partial charge in [0.05, 0.1) is 11.4 Å². The molecule has 8 nitrogen and oxygen atoms in total. The van der Waals surface area contributed by atoms with E-state index in [1.54, 1.807) is 0 Å². The fourth-order valence-electron chi connectivity index (χ4n) is 3.14. The summed E-state index contributed by atoms with van der Waals surface area (Å²) in [6, 6.07) is 0. The maximum Gasteiger partial charge on any atom is 0.255 e. The third-order valence-corrected chi connectivity index (χ3v) is 5.04. The molecule has 0 radical (unpaired) electrons. The second kappa shape index (κ2) is 5.47. The highest BCUT2D eigenvalue weighted by molar-refractivity contribution is 7.89. The molecule has 1 atom stereocenters. The zero-order chi connectivity index (χ0) is 15.9. The molecule has 3 N–H and O–H groups in total. The molecule has 2 aliphatic rings. The van der Waals surface area contributed by atoms with Crippen molar-refractivity contribution in [3.8, 4) is 0 Å².